The summed E-state index contributed by atoms with van der Waals surface area (Å²) in [6, 6.07) is 20.1. The number of carboxylic acid groups (broad SMARTS) is 1. The van der Waals surface area contributed by atoms with E-state index in [2.05, 4.69) is 67.8 Å². The second-order valence-electron chi connectivity index (χ2n) is 24.6. The second-order valence-corrected chi connectivity index (χ2v) is 24.6. The molecule has 0 saturated carbocycles. The summed E-state index contributed by atoms with van der Waals surface area (Å²) in [7, 11) is 0. The number of H-pyrrole nitrogens is 2. The van der Waals surface area contributed by atoms with Gasteiger partial charge in [0.2, 0.25) is 53.2 Å². The highest BCUT2D eigenvalue weighted by Crippen LogP contribution is 2.22. The lowest BCUT2D eigenvalue weighted by atomic mass is 9.98. The molecule has 0 aliphatic carbocycles. The van der Waals surface area contributed by atoms with Crippen LogP contribution in [-0.4, -0.2) is 174 Å². The average Bonchev–Trinajstić information content (AvgIpc) is 1.23. The van der Waals surface area contributed by atoms with Crippen molar-refractivity contribution in [3.63, 3.8) is 0 Å². The lowest BCUT2D eigenvalue weighted by Gasteiger charge is -2.31. The van der Waals surface area contributed by atoms with Crippen LogP contribution >= 0.6 is 0 Å². The van der Waals surface area contributed by atoms with E-state index < -0.39 is 120 Å². The number of phenols is 1. The number of likely N-dealkylation sites (tertiary alicyclic amines) is 1. The normalized spacial score (nSPS) is 16.9. The minimum atomic E-state index is -1.44. The topological polar surface area (TPSA) is 406 Å². The van der Waals surface area contributed by atoms with Crippen molar-refractivity contribution in [2.45, 2.75) is 158 Å². The maximum atomic E-state index is 15.1. The van der Waals surface area contributed by atoms with Crippen LogP contribution in [0.3, 0.4) is 0 Å². The Morgan fingerprint density at radius 2 is 0.948 bits per heavy atom. The number of hydrogen-bond acceptors (Lipinski definition) is 15. The number of amides is 9. The van der Waals surface area contributed by atoms with E-state index in [4.69, 9.17) is 5.73 Å². The van der Waals surface area contributed by atoms with Gasteiger partial charge in [-0.1, -0.05) is 117 Å². The summed E-state index contributed by atoms with van der Waals surface area (Å²) in [6.45, 7) is 4.49. The van der Waals surface area contributed by atoms with Gasteiger partial charge in [0.1, 0.15) is 60.1 Å². The zero-order valence-electron chi connectivity index (χ0n) is 53.8. The number of unbranched alkanes of at least 4 members (excludes halogenated alkanes) is 1. The zero-order valence-corrected chi connectivity index (χ0v) is 53.8. The summed E-state index contributed by atoms with van der Waals surface area (Å²) in [6.07, 6.45) is 8.44. The van der Waals surface area contributed by atoms with Crippen molar-refractivity contribution in [1.29, 1.82) is 0 Å². The van der Waals surface area contributed by atoms with Crippen LogP contribution in [0.15, 0.2) is 140 Å². The standard InChI is InChI=1S/C69H87N15O12/c1-42(2)59(67(93)81-54(35-46-25-27-49(85)28-26-46)61(87)76-51(69(95)96)22-12-13-29-70)83-65(91)55(34-45-20-10-5-11-21-45)78-62(88)52(32-43-16-6-3-7-17-43)77-64(90)56(36-47-38-71-40-74-47)79-63(89)53(33-44-18-8-4-9-19-44)80-66(92)58-24-15-31-84(58)68(94)57(37-48-39-72-41-75-48)82-60(86)50-23-14-30-73-50/h3-11,16-21,25-28,38-42,50-59,73,85H,12-15,22-24,29-37,70H2,1-2H3,(H,71,74)(H,72,75)(H,76,87)(H,77,90)(H,78,88)(H,79,89)(H,80,92)(H,81,93)(H,82,86)(H,83,91)(H,95,96)/t50-,51+,52+,53+,54+,55+,56+,57+,58-,59+/m1/s1. The number of benzene rings is 4. The Morgan fingerprint density at radius 1 is 0.510 bits per heavy atom. The molecule has 510 valence electrons. The predicted molar refractivity (Wildman–Crippen MR) is 353 cm³/mol. The molecule has 96 heavy (non-hydrogen) atoms. The van der Waals surface area contributed by atoms with Gasteiger partial charge < -0.3 is 78.7 Å². The Hall–Kier alpha value is -10.3. The van der Waals surface area contributed by atoms with Crippen LogP contribution in [-0.2, 0) is 86.5 Å². The van der Waals surface area contributed by atoms with Gasteiger partial charge in [-0.3, -0.25) is 43.2 Å². The van der Waals surface area contributed by atoms with Gasteiger partial charge in [-0.05, 0) is 98.3 Å². The molecule has 6 aromatic rings. The molecule has 9 amide bonds. The van der Waals surface area contributed by atoms with Gasteiger partial charge >= 0.3 is 5.97 Å². The molecule has 4 heterocycles. The van der Waals surface area contributed by atoms with Gasteiger partial charge in [-0.25, -0.2) is 14.8 Å². The molecule has 0 radical (unpaired) electrons. The zero-order chi connectivity index (χ0) is 68.5. The van der Waals surface area contributed by atoms with Crippen LogP contribution in [0.5, 0.6) is 5.75 Å². The number of imidazole rings is 2. The largest absolute Gasteiger partial charge is 0.508 e. The van der Waals surface area contributed by atoms with E-state index in [0.29, 0.717) is 72.4 Å². The van der Waals surface area contributed by atoms with Gasteiger partial charge in [0, 0.05) is 68.9 Å². The van der Waals surface area contributed by atoms with Gasteiger partial charge in [0.25, 0.3) is 0 Å². The molecule has 2 aliphatic rings. The monoisotopic (exact) mass is 1320 g/mol. The summed E-state index contributed by atoms with van der Waals surface area (Å²) >= 11 is 0. The predicted octanol–water partition coefficient (Wildman–Crippen LogP) is 1.09. The first-order valence-electron chi connectivity index (χ1n) is 32.6. The Bertz CT molecular complexity index is 3520. The number of rotatable bonds is 35. The Balaban J connectivity index is 1.03. The number of nitrogens with one attached hydrogen (secondary N) is 11. The van der Waals surface area contributed by atoms with Gasteiger partial charge in [-0.2, -0.15) is 0 Å². The number of aromatic nitrogens is 4. The maximum absolute atomic E-state index is 15.1. The number of carboxylic acids is 1. The van der Waals surface area contributed by atoms with E-state index in [0.717, 1.165) is 6.42 Å². The summed E-state index contributed by atoms with van der Waals surface area (Å²) < 4.78 is 0. The van der Waals surface area contributed by atoms with E-state index in [1.165, 1.54) is 35.9 Å². The maximum Gasteiger partial charge on any atom is 0.326 e. The first-order chi connectivity index (χ1) is 46.3. The highest BCUT2D eigenvalue weighted by molar-refractivity contribution is 5.99. The average molecular weight is 1320 g/mol. The lowest BCUT2D eigenvalue weighted by Crippen LogP contribution is -2.62. The third-order valence-electron chi connectivity index (χ3n) is 17.0. The number of aromatic hydroxyl groups is 1. The number of carbonyl (C=O) groups is 10. The summed E-state index contributed by atoms with van der Waals surface area (Å²) in [4.78, 5) is 159. The van der Waals surface area contributed by atoms with Gasteiger partial charge in [0.15, 0.2) is 0 Å². The number of phenolic OH excluding ortho intramolecular Hbond substituents is 1. The third kappa shape index (κ3) is 21.4. The summed E-state index contributed by atoms with van der Waals surface area (Å²) in [5, 5.41) is 45.6. The van der Waals surface area contributed by atoms with Crippen LogP contribution in [0.4, 0.5) is 0 Å². The van der Waals surface area contributed by atoms with Crippen molar-refractivity contribution in [2.75, 3.05) is 19.6 Å². The molecule has 2 saturated heterocycles. The molecular formula is C69H87N15O12. The molecule has 0 unspecified atom stereocenters. The summed E-state index contributed by atoms with van der Waals surface area (Å²) in [5.41, 5.74) is 9.04. The number of nitrogens with zero attached hydrogens (tertiary/aromatic N) is 3. The second kappa shape index (κ2) is 35.8. The smallest absolute Gasteiger partial charge is 0.326 e. The molecule has 0 spiro atoms. The highest BCUT2D eigenvalue weighted by atomic mass is 16.4. The molecule has 2 aliphatic heterocycles. The van der Waals surface area contributed by atoms with E-state index in [1.807, 2.05) is 0 Å². The van der Waals surface area contributed by atoms with E-state index in [1.54, 1.807) is 123 Å². The number of nitrogens with two attached hydrogens (primary N) is 1. The molecule has 8 rings (SSSR count). The minimum absolute atomic E-state index is 0.0484. The molecule has 27 heteroatoms. The van der Waals surface area contributed by atoms with Crippen LogP contribution in [0.2, 0.25) is 0 Å². The molecule has 4 aromatic carbocycles. The Morgan fingerprint density at radius 3 is 1.40 bits per heavy atom. The van der Waals surface area contributed by atoms with E-state index >= 15 is 9.59 Å². The van der Waals surface area contributed by atoms with Crippen LogP contribution in [0, 0.1) is 5.92 Å². The fraction of sp³-hybridized carbons (Fsp3) is 0.420. The SMILES string of the molecule is CC(C)[C@H](NC(=O)[C@H](Cc1ccccc1)NC(=O)[C@H](Cc1ccccc1)NC(=O)[C@H](Cc1cnc[nH]1)NC(=O)[C@H](Cc1ccccc1)NC(=O)[C@H]1CCCN1C(=O)[C@H](Cc1cnc[nH]1)NC(=O)[C@H]1CCCN1)C(=O)N[C@@H](Cc1ccc(O)cc1)C(=O)N[C@@H](CCCCN)C(=O)O. The first kappa shape index (κ1) is 71.6. The van der Waals surface area contributed by atoms with Crippen molar-refractivity contribution in [1.82, 2.24) is 72.7 Å². The fourth-order valence-corrected chi connectivity index (χ4v) is 11.7. The highest BCUT2D eigenvalue weighted by Gasteiger charge is 2.41. The molecular weight excluding hydrogens is 1230 g/mol. The molecule has 15 N–H and O–H groups in total. The molecule has 2 fully saturated rings. The van der Waals surface area contributed by atoms with Crippen molar-refractivity contribution >= 4 is 59.1 Å². The van der Waals surface area contributed by atoms with Crippen molar-refractivity contribution < 1.29 is 58.2 Å². The van der Waals surface area contributed by atoms with Gasteiger partial charge in [-0.15, -0.1) is 0 Å². The van der Waals surface area contributed by atoms with Gasteiger partial charge in [0.05, 0.1) is 18.7 Å². The molecule has 10 atom stereocenters. The number of carbonyl (C=O) groups excluding carboxylic acids is 9. The summed E-state index contributed by atoms with van der Waals surface area (Å²) in [5.74, 6) is -8.30. The van der Waals surface area contributed by atoms with Crippen LogP contribution in [0.25, 0.3) is 0 Å². The van der Waals surface area contributed by atoms with Crippen molar-refractivity contribution in [3.8, 4) is 5.75 Å². The molecule has 0 bridgehead atoms. The van der Waals surface area contributed by atoms with Crippen molar-refractivity contribution in [3.05, 3.63) is 174 Å². The number of aliphatic carboxylic acids is 1. The Kier molecular flexibility index (Phi) is 26.7. The van der Waals surface area contributed by atoms with Crippen LogP contribution in [0.1, 0.15) is 92.4 Å². The third-order valence-corrected chi connectivity index (χ3v) is 17.0. The Labute approximate surface area is 556 Å². The van der Waals surface area contributed by atoms with Crippen molar-refractivity contribution in [2.24, 2.45) is 11.7 Å². The van der Waals surface area contributed by atoms with Crippen LogP contribution < -0.4 is 53.6 Å². The van der Waals surface area contributed by atoms with E-state index in [9.17, 15) is 48.6 Å². The molecule has 2 aromatic heterocycles. The number of hydrogen-bond donors (Lipinski definition) is 14. The minimum Gasteiger partial charge on any atom is -0.508 e. The first-order valence-corrected chi connectivity index (χ1v) is 32.6. The molecule has 27 nitrogen and oxygen atoms in total. The fourth-order valence-electron chi connectivity index (χ4n) is 11.7. The van der Waals surface area contributed by atoms with E-state index in [-0.39, 0.29) is 69.6 Å². The quantitative estimate of drug-likeness (QED) is 0.0248. The number of aromatic amines is 2. The lowest BCUT2D eigenvalue weighted by molar-refractivity contribution is -0.142.